The number of morpholine rings is 1. The highest BCUT2D eigenvalue weighted by molar-refractivity contribution is 5.92. The number of nitrogens with one attached hydrogen (secondary N) is 1. The molecular weight excluding hydrogens is 322 g/mol. The third-order valence-electron chi connectivity index (χ3n) is 4.19. The number of amides is 1. The smallest absolute Gasteiger partial charge is 0.320 e. The average molecular weight is 343 g/mol. The molecule has 0 aliphatic carbocycles. The van der Waals surface area contributed by atoms with Gasteiger partial charge in [0.1, 0.15) is 0 Å². The lowest BCUT2D eigenvalue weighted by molar-refractivity contribution is 0.0298. The van der Waals surface area contributed by atoms with Crippen molar-refractivity contribution in [2.45, 2.75) is 20.8 Å². The number of hydrogen-bond donors (Lipinski definition) is 1. The molecule has 3 rings (SSSR count). The standard InChI is InChI=1S/C17H21N5O3/c1-11-8-12(2)14(13(3)9-11)10-18-22-17(24)15(19-20-22)16(23)21-4-6-25-7-5-21/h8-10,20H,4-7H2,1-3H3. The van der Waals surface area contributed by atoms with Crippen LogP contribution in [0.15, 0.2) is 22.0 Å². The van der Waals surface area contributed by atoms with E-state index in [2.05, 4.69) is 27.5 Å². The monoisotopic (exact) mass is 343 g/mol. The molecule has 0 spiro atoms. The third-order valence-corrected chi connectivity index (χ3v) is 4.19. The van der Waals surface area contributed by atoms with Gasteiger partial charge in [-0.3, -0.25) is 9.59 Å². The summed E-state index contributed by atoms with van der Waals surface area (Å²) in [6.45, 7) is 7.86. The van der Waals surface area contributed by atoms with Crippen LogP contribution in [0.2, 0.25) is 0 Å². The Hall–Kier alpha value is -2.74. The summed E-state index contributed by atoms with van der Waals surface area (Å²) in [6.07, 6.45) is 1.60. The zero-order valence-corrected chi connectivity index (χ0v) is 14.6. The molecule has 0 saturated carbocycles. The molecule has 1 fully saturated rings. The van der Waals surface area contributed by atoms with E-state index in [4.69, 9.17) is 4.74 Å². The summed E-state index contributed by atoms with van der Waals surface area (Å²) in [6, 6.07) is 4.11. The van der Waals surface area contributed by atoms with Crippen molar-refractivity contribution in [3.05, 3.63) is 50.4 Å². The van der Waals surface area contributed by atoms with Crippen LogP contribution in [0.3, 0.4) is 0 Å². The van der Waals surface area contributed by atoms with Crippen molar-refractivity contribution in [3.63, 3.8) is 0 Å². The van der Waals surface area contributed by atoms with Crippen LogP contribution in [-0.4, -0.2) is 58.4 Å². The maximum atomic E-state index is 12.4. The van der Waals surface area contributed by atoms with Crippen LogP contribution in [0.4, 0.5) is 0 Å². The first-order chi connectivity index (χ1) is 12.0. The predicted octanol–water partition coefficient (Wildman–Crippen LogP) is 0.851. The number of nitrogens with zero attached hydrogens (tertiary/aromatic N) is 4. The number of ether oxygens (including phenoxy) is 1. The van der Waals surface area contributed by atoms with Crippen LogP contribution in [-0.2, 0) is 4.74 Å². The SMILES string of the molecule is Cc1cc(C)c(C=Nn2[nH]nc(C(=O)N3CCOCC3)c2=O)c(C)c1. The minimum absolute atomic E-state index is 0.156. The summed E-state index contributed by atoms with van der Waals surface area (Å²) in [5.41, 5.74) is 3.53. The van der Waals surface area contributed by atoms with E-state index in [-0.39, 0.29) is 5.69 Å². The molecule has 1 aromatic heterocycles. The molecule has 8 nitrogen and oxygen atoms in total. The summed E-state index contributed by atoms with van der Waals surface area (Å²) < 4.78 is 5.21. The van der Waals surface area contributed by atoms with Crippen LogP contribution in [0.25, 0.3) is 0 Å². The fourth-order valence-electron chi connectivity index (χ4n) is 2.93. The summed E-state index contributed by atoms with van der Waals surface area (Å²) in [5.74, 6) is -0.402. The normalized spacial score (nSPS) is 15.1. The third kappa shape index (κ3) is 3.53. The molecule has 2 heterocycles. The lowest BCUT2D eigenvalue weighted by atomic mass is 10.0. The number of H-pyrrole nitrogens is 1. The van der Waals surface area contributed by atoms with Gasteiger partial charge in [-0.1, -0.05) is 17.7 Å². The van der Waals surface area contributed by atoms with Gasteiger partial charge in [0.15, 0.2) is 0 Å². The topological polar surface area (TPSA) is 92.6 Å². The minimum Gasteiger partial charge on any atom is -0.378 e. The van der Waals surface area contributed by atoms with E-state index in [1.807, 2.05) is 20.8 Å². The zero-order chi connectivity index (χ0) is 18.0. The summed E-state index contributed by atoms with van der Waals surface area (Å²) >= 11 is 0. The molecular formula is C17H21N5O3. The summed E-state index contributed by atoms with van der Waals surface area (Å²) in [5, 5.41) is 10.5. The maximum absolute atomic E-state index is 12.4. The molecule has 1 aliphatic rings. The van der Waals surface area contributed by atoms with E-state index >= 15 is 0 Å². The van der Waals surface area contributed by atoms with Crippen molar-refractivity contribution >= 4 is 12.1 Å². The highest BCUT2D eigenvalue weighted by atomic mass is 16.5. The first-order valence-electron chi connectivity index (χ1n) is 8.14. The van der Waals surface area contributed by atoms with Gasteiger partial charge in [0.25, 0.3) is 5.91 Å². The van der Waals surface area contributed by atoms with Crippen molar-refractivity contribution in [3.8, 4) is 0 Å². The molecule has 1 saturated heterocycles. The van der Waals surface area contributed by atoms with Gasteiger partial charge in [-0.05, 0) is 31.9 Å². The Balaban J connectivity index is 1.84. The Labute approximate surface area is 145 Å². The van der Waals surface area contributed by atoms with Gasteiger partial charge in [-0.25, -0.2) is 0 Å². The molecule has 0 bridgehead atoms. The van der Waals surface area contributed by atoms with Crippen LogP contribution >= 0.6 is 0 Å². The molecule has 0 atom stereocenters. The largest absolute Gasteiger partial charge is 0.378 e. The van der Waals surface area contributed by atoms with Gasteiger partial charge in [0.05, 0.1) is 19.4 Å². The second-order valence-electron chi connectivity index (χ2n) is 6.14. The van der Waals surface area contributed by atoms with E-state index in [1.165, 1.54) is 5.56 Å². The summed E-state index contributed by atoms with van der Waals surface area (Å²) in [4.78, 5) is 27.3. The number of aromatic amines is 1. The van der Waals surface area contributed by atoms with Crippen LogP contribution in [0, 0.1) is 20.8 Å². The molecule has 1 amide bonds. The van der Waals surface area contributed by atoms with Gasteiger partial charge in [0, 0.05) is 18.7 Å². The summed E-state index contributed by atoms with van der Waals surface area (Å²) in [7, 11) is 0. The van der Waals surface area contributed by atoms with E-state index < -0.39 is 11.5 Å². The van der Waals surface area contributed by atoms with Crippen molar-refractivity contribution in [1.29, 1.82) is 0 Å². The van der Waals surface area contributed by atoms with Gasteiger partial charge in [0.2, 0.25) is 5.69 Å². The van der Waals surface area contributed by atoms with Crippen LogP contribution in [0.5, 0.6) is 0 Å². The second-order valence-corrected chi connectivity index (χ2v) is 6.14. The fraction of sp³-hybridized carbons (Fsp3) is 0.412. The average Bonchev–Trinajstić information content (AvgIpc) is 2.95. The van der Waals surface area contributed by atoms with Crippen LogP contribution < -0.4 is 5.56 Å². The molecule has 1 aromatic carbocycles. The number of carbonyl (C=O) groups excluding carboxylic acids is 1. The van der Waals surface area contributed by atoms with Gasteiger partial charge >= 0.3 is 5.56 Å². The van der Waals surface area contributed by atoms with E-state index in [9.17, 15) is 9.59 Å². The maximum Gasteiger partial charge on any atom is 0.320 e. The Morgan fingerprint density at radius 2 is 1.88 bits per heavy atom. The number of aryl methyl sites for hydroxylation is 3. The Morgan fingerprint density at radius 1 is 1.24 bits per heavy atom. The highest BCUT2D eigenvalue weighted by Gasteiger charge is 2.24. The van der Waals surface area contributed by atoms with E-state index in [0.717, 1.165) is 21.5 Å². The quantitative estimate of drug-likeness (QED) is 0.836. The van der Waals surface area contributed by atoms with Gasteiger partial charge in [-0.15, -0.1) is 9.89 Å². The van der Waals surface area contributed by atoms with E-state index in [1.54, 1.807) is 11.1 Å². The minimum atomic E-state index is -0.560. The number of carbonyl (C=O) groups is 1. The molecule has 25 heavy (non-hydrogen) atoms. The molecule has 2 aromatic rings. The Kier molecular flexibility index (Phi) is 4.80. The molecule has 0 radical (unpaired) electrons. The van der Waals surface area contributed by atoms with Crippen LogP contribution in [0.1, 0.15) is 32.7 Å². The zero-order valence-electron chi connectivity index (χ0n) is 14.6. The second kappa shape index (κ2) is 7.02. The van der Waals surface area contributed by atoms with Gasteiger partial charge < -0.3 is 9.64 Å². The van der Waals surface area contributed by atoms with E-state index in [0.29, 0.717) is 26.3 Å². The number of rotatable bonds is 3. The Morgan fingerprint density at radius 3 is 2.52 bits per heavy atom. The van der Waals surface area contributed by atoms with Crippen molar-refractivity contribution in [1.82, 2.24) is 20.0 Å². The number of aromatic nitrogens is 3. The van der Waals surface area contributed by atoms with Gasteiger partial charge in [-0.2, -0.15) is 10.3 Å². The number of hydrogen-bond acceptors (Lipinski definition) is 5. The fourth-order valence-corrected chi connectivity index (χ4v) is 2.93. The lowest BCUT2D eigenvalue weighted by Crippen LogP contribution is -2.42. The Bertz CT molecular complexity index is 852. The molecule has 132 valence electrons. The first-order valence-corrected chi connectivity index (χ1v) is 8.14. The highest BCUT2D eigenvalue weighted by Crippen LogP contribution is 2.14. The first kappa shape index (κ1) is 17.1. The molecule has 0 unspecified atom stereocenters. The number of benzene rings is 1. The van der Waals surface area contributed by atoms with Crippen molar-refractivity contribution in [2.24, 2.45) is 5.10 Å². The van der Waals surface area contributed by atoms with Crippen molar-refractivity contribution in [2.75, 3.05) is 26.3 Å². The molecule has 1 aliphatic heterocycles. The molecule has 8 heteroatoms. The molecule has 1 N–H and O–H groups in total. The van der Waals surface area contributed by atoms with Crippen molar-refractivity contribution < 1.29 is 9.53 Å². The lowest BCUT2D eigenvalue weighted by Gasteiger charge is -2.25. The predicted molar refractivity (Wildman–Crippen MR) is 93.2 cm³/mol.